The minimum Gasteiger partial charge on any atom is -0.383 e. The maximum absolute atomic E-state index is 11.9. The first kappa shape index (κ1) is 13.5. The van der Waals surface area contributed by atoms with E-state index in [1.54, 1.807) is 12.3 Å². The molecule has 3 nitrogen and oxygen atoms in total. The minimum atomic E-state index is 0.0410. The maximum atomic E-state index is 11.9. The highest BCUT2D eigenvalue weighted by Gasteiger charge is 2.03. The van der Waals surface area contributed by atoms with Crippen molar-refractivity contribution in [3.05, 3.63) is 47.7 Å². The Labute approximate surface area is 103 Å². The van der Waals surface area contributed by atoms with Gasteiger partial charge in [0.25, 0.3) is 0 Å². The summed E-state index contributed by atoms with van der Waals surface area (Å²) in [5.41, 5.74) is 1.89. The lowest BCUT2D eigenvalue weighted by atomic mass is 10.1. The average Bonchev–Trinajstić information content (AvgIpc) is 2.25. The Bertz CT molecular complexity index is 408. The van der Waals surface area contributed by atoms with Crippen LogP contribution in [-0.4, -0.2) is 43.8 Å². The summed E-state index contributed by atoms with van der Waals surface area (Å²) in [5, 5.41) is 0. The van der Waals surface area contributed by atoms with E-state index in [1.165, 1.54) is 0 Å². The molecule has 0 amide bonds. The molecule has 0 bridgehead atoms. The Kier molecular flexibility index (Phi) is 4.91. The molecule has 92 valence electrons. The van der Waals surface area contributed by atoms with Crippen molar-refractivity contribution >= 4 is 5.78 Å². The van der Waals surface area contributed by atoms with E-state index in [1.807, 2.05) is 57.4 Å². The highest BCUT2D eigenvalue weighted by atomic mass is 16.1. The summed E-state index contributed by atoms with van der Waals surface area (Å²) >= 11 is 0. The van der Waals surface area contributed by atoms with Gasteiger partial charge in [0.05, 0.1) is 0 Å². The van der Waals surface area contributed by atoms with Gasteiger partial charge in [-0.15, -0.1) is 0 Å². The van der Waals surface area contributed by atoms with Crippen molar-refractivity contribution in [1.82, 2.24) is 9.80 Å². The SMILES string of the molecule is CN(C)C=CC(=O)c1cccc(CN(C)C)c1. The zero-order valence-electron chi connectivity index (χ0n) is 11.0. The van der Waals surface area contributed by atoms with Crippen molar-refractivity contribution < 1.29 is 4.79 Å². The largest absolute Gasteiger partial charge is 0.383 e. The van der Waals surface area contributed by atoms with Crippen LogP contribution in [0.2, 0.25) is 0 Å². The first-order valence-corrected chi connectivity index (χ1v) is 5.61. The molecule has 0 fully saturated rings. The van der Waals surface area contributed by atoms with Gasteiger partial charge in [-0.1, -0.05) is 18.2 Å². The molecule has 3 heteroatoms. The summed E-state index contributed by atoms with van der Waals surface area (Å²) in [6.07, 6.45) is 3.36. The number of rotatable bonds is 5. The lowest BCUT2D eigenvalue weighted by Gasteiger charge is -2.10. The Hall–Kier alpha value is -1.61. The Morgan fingerprint density at radius 3 is 2.53 bits per heavy atom. The summed E-state index contributed by atoms with van der Waals surface area (Å²) in [5.74, 6) is 0.0410. The fraction of sp³-hybridized carbons (Fsp3) is 0.357. The van der Waals surface area contributed by atoms with Crippen LogP contribution in [0.25, 0.3) is 0 Å². The van der Waals surface area contributed by atoms with E-state index in [9.17, 15) is 4.79 Å². The predicted octanol–water partition coefficient (Wildman–Crippen LogP) is 2.01. The molecule has 0 N–H and O–H groups in total. The van der Waals surface area contributed by atoms with Crippen LogP contribution in [0.1, 0.15) is 15.9 Å². The van der Waals surface area contributed by atoms with Gasteiger partial charge >= 0.3 is 0 Å². The van der Waals surface area contributed by atoms with Crippen molar-refractivity contribution in [1.29, 1.82) is 0 Å². The number of hydrogen-bond donors (Lipinski definition) is 0. The van der Waals surface area contributed by atoms with Crippen LogP contribution >= 0.6 is 0 Å². The number of carbonyl (C=O) groups is 1. The Morgan fingerprint density at radius 1 is 1.24 bits per heavy atom. The molecule has 0 aromatic heterocycles. The van der Waals surface area contributed by atoms with E-state index in [2.05, 4.69) is 4.90 Å². The van der Waals surface area contributed by atoms with Crippen molar-refractivity contribution in [2.24, 2.45) is 0 Å². The molecule has 0 unspecified atom stereocenters. The Morgan fingerprint density at radius 2 is 1.94 bits per heavy atom. The van der Waals surface area contributed by atoms with Crippen molar-refractivity contribution in [3.63, 3.8) is 0 Å². The zero-order valence-corrected chi connectivity index (χ0v) is 11.0. The molecule has 0 spiro atoms. The standard InChI is InChI=1S/C14H20N2O/c1-15(2)9-8-14(17)13-7-5-6-12(10-13)11-16(3)4/h5-10H,11H2,1-4H3. The number of ketones is 1. The van der Waals surface area contributed by atoms with Crippen LogP contribution in [0.15, 0.2) is 36.5 Å². The predicted molar refractivity (Wildman–Crippen MR) is 71.0 cm³/mol. The van der Waals surface area contributed by atoms with E-state index < -0.39 is 0 Å². The monoisotopic (exact) mass is 232 g/mol. The normalized spacial score (nSPS) is 11.1. The van der Waals surface area contributed by atoms with Gasteiger partial charge in [0, 0.05) is 38.5 Å². The zero-order chi connectivity index (χ0) is 12.8. The highest BCUT2D eigenvalue weighted by molar-refractivity contribution is 6.04. The van der Waals surface area contributed by atoms with Crippen LogP contribution in [-0.2, 0) is 6.54 Å². The third kappa shape index (κ3) is 4.83. The van der Waals surface area contributed by atoms with Crippen molar-refractivity contribution in [3.8, 4) is 0 Å². The van der Waals surface area contributed by atoms with E-state index in [-0.39, 0.29) is 5.78 Å². The summed E-state index contributed by atoms with van der Waals surface area (Å²) in [6.45, 7) is 0.846. The number of nitrogens with zero attached hydrogens (tertiary/aromatic N) is 2. The van der Waals surface area contributed by atoms with E-state index >= 15 is 0 Å². The van der Waals surface area contributed by atoms with Gasteiger partial charge < -0.3 is 9.80 Å². The average molecular weight is 232 g/mol. The molecule has 17 heavy (non-hydrogen) atoms. The molecule has 0 atom stereocenters. The quantitative estimate of drug-likeness (QED) is 0.573. The lowest BCUT2D eigenvalue weighted by molar-refractivity contribution is 0.104. The lowest BCUT2D eigenvalue weighted by Crippen LogP contribution is -2.11. The second kappa shape index (κ2) is 6.21. The molecule has 1 aromatic rings. The molecule has 0 aliphatic heterocycles. The van der Waals surface area contributed by atoms with Gasteiger partial charge in [0.15, 0.2) is 5.78 Å². The van der Waals surface area contributed by atoms with Gasteiger partial charge in [0.1, 0.15) is 0 Å². The molecule has 0 radical (unpaired) electrons. The second-order valence-electron chi connectivity index (χ2n) is 4.58. The number of hydrogen-bond acceptors (Lipinski definition) is 3. The Balaban J connectivity index is 2.80. The van der Waals surface area contributed by atoms with Gasteiger partial charge in [-0.05, 0) is 25.7 Å². The van der Waals surface area contributed by atoms with Crippen LogP contribution in [0.3, 0.4) is 0 Å². The van der Waals surface area contributed by atoms with Crippen LogP contribution in [0.5, 0.6) is 0 Å². The number of benzene rings is 1. The van der Waals surface area contributed by atoms with Crippen molar-refractivity contribution in [2.75, 3.05) is 28.2 Å². The summed E-state index contributed by atoms with van der Waals surface area (Å²) in [6, 6.07) is 7.76. The van der Waals surface area contributed by atoms with E-state index in [0.29, 0.717) is 0 Å². The fourth-order valence-corrected chi connectivity index (χ4v) is 1.50. The third-order valence-corrected chi connectivity index (χ3v) is 2.23. The summed E-state index contributed by atoms with van der Waals surface area (Å²) in [4.78, 5) is 15.8. The first-order chi connectivity index (χ1) is 7.99. The molecule has 1 aromatic carbocycles. The number of allylic oxidation sites excluding steroid dienone is 1. The molecular formula is C14H20N2O. The van der Waals surface area contributed by atoms with Crippen LogP contribution in [0.4, 0.5) is 0 Å². The molecular weight excluding hydrogens is 212 g/mol. The first-order valence-electron chi connectivity index (χ1n) is 5.61. The van der Waals surface area contributed by atoms with Crippen molar-refractivity contribution in [2.45, 2.75) is 6.54 Å². The smallest absolute Gasteiger partial charge is 0.187 e. The fourth-order valence-electron chi connectivity index (χ4n) is 1.50. The molecule has 0 aliphatic carbocycles. The van der Waals surface area contributed by atoms with Gasteiger partial charge in [-0.2, -0.15) is 0 Å². The molecule has 0 saturated heterocycles. The van der Waals surface area contributed by atoms with E-state index in [4.69, 9.17) is 0 Å². The van der Waals surface area contributed by atoms with Gasteiger partial charge in [0.2, 0.25) is 0 Å². The second-order valence-corrected chi connectivity index (χ2v) is 4.58. The highest BCUT2D eigenvalue weighted by Crippen LogP contribution is 2.08. The summed E-state index contributed by atoms with van der Waals surface area (Å²) < 4.78 is 0. The minimum absolute atomic E-state index is 0.0410. The molecule has 0 aliphatic rings. The molecule has 0 heterocycles. The van der Waals surface area contributed by atoms with Gasteiger partial charge in [-0.25, -0.2) is 0 Å². The van der Waals surface area contributed by atoms with Crippen LogP contribution < -0.4 is 0 Å². The molecule has 0 saturated carbocycles. The van der Waals surface area contributed by atoms with E-state index in [0.717, 1.165) is 17.7 Å². The summed E-state index contributed by atoms with van der Waals surface area (Å²) in [7, 11) is 7.82. The topological polar surface area (TPSA) is 23.6 Å². The molecule has 1 rings (SSSR count). The maximum Gasteiger partial charge on any atom is 0.187 e. The third-order valence-electron chi connectivity index (χ3n) is 2.23. The number of carbonyl (C=O) groups excluding carboxylic acids is 1. The van der Waals surface area contributed by atoms with Gasteiger partial charge in [-0.3, -0.25) is 4.79 Å². The van der Waals surface area contributed by atoms with Crippen LogP contribution in [0, 0.1) is 0 Å².